The van der Waals surface area contributed by atoms with Gasteiger partial charge in [-0.2, -0.15) is 0 Å². The summed E-state index contributed by atoms with van der Waals surface area (Å²) in [6.07, 6.45) is -9.71. The van der Waals surface area contributed by atoms with Crippen LogP contribution in [0.5, 0.6) is 0 Å². The highest BCUT2D eigenvalue weighted by atomic mass is 16.7. The summed E-state index contributed by atoms with van der Waals surface area (Å²) < 4.78 is 37.1. The predicted octanol–water partition coefficient (Wildman–Crippen LogP) is 1.79. The topological polar surface area (TPSA) is 194 Å². The molecule has 0 aromatic rings. The van der Waals surface area contributed by atoms with Crippen LogP contribution in [0.15, 0.2) is 0 Å². The van der Waals surface area contributed by atoms with Crippen LogP contribution in [-0.2, 0) is 38.0 Å². The fraction of sp³-hybridized carbons (Fsp3) is 0.946. The predicted molar refractivity (Wildman–Crippen MR) is 186 cm³/mol. The largest absolute Gasteiger partial charge is 0.459 e. The van der Waals surface area contributed by atoms with E-state index in [9.17, 15) is 35.1 Å². The van der Waals surface area contributed by atoms with E-state index in [2.05, 4.69) is 0 Å². The third-order valence-corrected chi connectivity index (χ3v) is 11.8. The summed E-state index contributed by atoms with van der Waals surface area (Å²) in [5.41, 5.74) is -4.84. The number of likely N-dealkylation sites (N-methyl/N-ethyl adjacent to an activating group) is 1. The lowest BCUT2D eigenvalue weighted by Crippen LogP contribution is -2.61. The van der Waals surface area contributed by atoms with E-state index in [1.54, 1.807) is 41.5 Å². The molecule has 51 heavy (non-hydrogen) atoms. The van der Waals surface area contributed by atoms with Crippen molar-refractivity contribution in [1.29, 1.82) is 0 Å². The van der Waals surface area contributed by atoms with Gasteiger partial charge in [-0.25, -0.2) is 0 Å². The molecule has 0 saturated carbocycles. The maximum atomic E-state index is 14.1. The number of carbonyl (C=O) groups is 2. The Morgan fingerprint density at radius 1 is 0.882 bits per heavy atom. The molecule has 0 aromatic carbocycles. The van der Waals surface area contributed by atoms with Gasteiger partial charge in [0.2, 0.25) is 0 Å². The van der Waals surface area contributed by atoms with Crippen LogP contribution in [0.3, 0.4) is 0 Å². The molecule has 0 aromatic heterocycles. The quantitative estimate of drug-likeness (QED) is 0.238. The fourth-order valence-electron chi connectivity index (χ4n) is 8.41. The summed E-state index contributed by atoms with van der Waals surface area (Å²) in [4.78, 5) is 29.8. The van der Waals surface area contributed by atoms with Crippen molar-refractivity contribution in [2.45, 2.75) is 179 Å². The zero-order valence-corrected chi connectivity index (χ0v) is 32.9. The summed E-state index contributed by atoms with van der Waals surface area (Å²) >= 11 is 0. The smallest absolute Gasteiger partial charge is 0.311 e. The van der Waals surface area contributed by atoms with E-state index in [1.807, 2.05) is 25.9 Å². The van der Waals surface area contributed by atoms with E-state index in [1.165, 1.54) is 27.9 Å². The number of cyclic esters (lactones) is 1. The van der Waals surface area contributed by atoms with Crippen molar-refractivity contribution < 1.29 is 63.5 Å². The zero-order chi connectivity index (χ0) is 39.0. The molecule has 298 valence electrons. The summed E-state index contributed by atoms with van der Waals surface area (Å²) in [5.74, 6) is -4.98. The van der Waals surface area contributed by atoms with Crippen molar-refractivity contribution in [3.8, 4) is 0 Å². The van der Waals surface area contributed by atoms with Crippen molar-refractivity contribution in [2.24, 2.45) is 23.7 Å². The second-order valence-electron chi connectivity index (χ2n) is 16.5. The Morgan fingerprint density at radius 2 is 1.49 bits per heavy atom. The minimum Gasteiger partial charge on any atom is -0.459 e. The number of hydrogen-bond acceptors (Lipinski definition) is 14. The van der Waals surface area contributed by atoms with Crippen LogP contribution in [0.4, 0.5) is 0 Å². The van der Waals surface area contributed by atoms with Gasteiger partial charge in [0.1, 0.15) is 29.7 Å². The van der Waals surface area contributed by atoms with E-state index in [0.29, 0.717) is 6.42 Å². The summed E-state index contributed by atoms with van der Waals surface area (Å²) in [6, 6.07) is -0.324. The molecule has 3 aliphatic rings. The van der Waals surface area contributed by atoms with Gasteiger partial charge in [0.15, 0.2) is 12.6 Å². The fourth-order valence-corrected chi connectivity index (χ4v) is 8.41. The summed E-state index contributed by atoms with van der Waals surface area (Å²) in [6.45, 7) is 16.3. The van der Waals surface area contributed by atoms with Gasteiger partial charge in [0, 0.05) is 37.3 Å². The molecule has 3 fully saturated rings. The molecule has 3 saturated heterocycles. The van der Waals surface area contributed by atoms with Crippen LogP contribution in [0.25, 0.3) is 0 Å². The van der Waals surface area contributed by atoms with Gasteiger partial charge >= 0.3 is 5.97 Å². The second-order valence-corrected chi connectivity index (χ2v) is 16.5. The second kappa shape index (κ2) is 17.0. The van der Waals surface area contributed by atoms with E-state index in [4.69, 9.17) is 28.4 Å². The first-order chi connectivity index (χ1) is 23.4. The van der Waals surface area contributed by atoms with Gasteiger partial charge in [-0.05, 0) is 74.9 Å². The maximum Gasteiger partial charge on any atom is 0.311 e. The molecule has 3 aliphatic heterocycles. The summed E-state index contributed by atoms with van der Waals surface area (Å²) in [7, 11) is 5.18. The molecular formula is C37H67NO13. The molecule has 18 atom stereocenters. The minimum absolute atomic E-state index is 0.0936. The van der Waals surface area contributed by atoms with Crippen molar-refractivity contribution >= 4 is 11.8 Å². The molecule has 0 aliphatic carbocycles. The lowest BCUT2D eigenvalue weighted by Gasteiger charge is -2.49. The van der Waals surface area contributed by atoms with Crippen LogP contribution >= 0.6 is 0 Å². The van der Waals surface area contributed by atoms with Crippen LogP contribution in [-0.4, -0.2) is 148 Å². The first kappa shape index (κ1) is 44.1. The highest BCUT2D eigenvalue weighted by Gasteiger charge is 2.53. The highest BCUT2D eigenvalue weighted by Crippen LogP contribution is 2.40. The van der Waals surface area contributed by atoms with Gasteiger partial charge in [0.05, 0.1) is 47.6 Å². The number of rotatable bonds is 7. The van der Waals surface area contributed by atoms with E-state index < -0.39 is 108 Å². The van der Waals surface area contributed by atoms with Gasteiger partial charge in [-0.1, -0.05) is 27.7 Å². The number of aliphatic hydroxyl groups is 5. The molecule has 0 spiro atoms. The van der Waals surface area contributed by atoms with Crippen LogP contribution < -0.4 is 0 Å². The van der Waals surface area contributed by atoms with Gasteiger partial charge in [-0.15, -0.1) is 0 Å². The van der Waals surface area contributed by atoms with E-state index in [0.717, 1.165) is 0 Å². The molecule has 0 bridgehead atoms. The number of aliphatic hydroxyl groups excluding tert-OH is 3. The average molecular weight is 734 g/mol. The number of ether oxygens (including phenoxy) is 6. The lowest BCUT2D eigenvalue weighted by atomic mass is 9.74. The Hall–Kier alpha value is -1.30. The normalized spacial score (nSPS) is 49.7. The van der Waals surface area contributed by atoms with Crippen molar-refractivity contribution in [3.63, 3.8) is 0 Å². The van der Waals surface area contributed by atoms with Crippen molar-refractivity contribution in [1.82, 2.24) is 4.90 Å². The average Bonchev–Trinajstić information content (AvgIpc) is 3.05. The maximum absolute atomic E-state index is 14.1. The first-order valence-corrected chi connectivity index (χ1v) is 18.5. The Bertz CT molecular complexity index is 1170. The number of carbonyl (C=O) groups excluding carboxylic acids is 2. The molecule has 14 nitrogen and oxygen atoms in total. The Morgan fingerprint density at radius 3 is 2.04 bits per heavy atom. The molecule has 14 heteroatoms. The van der Waals surface area contributed by atoms with Gasteiger partial charge in [0.25, 0.3) is 0 Å². The number of hydrogen-bond donors (Lipinski definition) is 5. The number of methoxy groups -OCH3 is 1. The Kier molecular flexibility index (Phi) is 14.7. The van der Waals surface area contributed by atoms with Crippen LogP contribution in [0.2, 0.25) is 0 Å². The summed E-state index contributed by atoms with van der Waals surface area (Å²) in [5, 5.41) is 57.6. The van der Waals surface area contributed by atoms with Crippen molar-refractivity contribution in [3.05, 3.63) is 0 Å². The lowest BCUT2D eigenvalue weighted by molar-refractivity contribution is -0.318. The third-order valence-electron chi connectivity index (χ3n) is 11.8. The highest BCUT2D eigenvalue weighted by molar-refractivity contribution is 5.83. The third kappa shape index (κ3) is 9.51. The molecule has 0 amide bonds. The number of Topliss-reactive ketones (excluding diaryl/α,β-unsaturated/α-hetero) is 1. The van der Waals surface area contributed by atoms with Crippen LogP contribution in [0.1, 0.15) is 94.9 Å². The van der Waals surface area contributed by atoms with Crippen molar-refractivity contribution in [2.75, 3.05) is 21.2 Å². The SMILES string of the molecule is CC[C@H]1OC(=O)[C@H](C)[C@@H](O[C@@H]2C[C@@](C)(OC)[C@H](O)[C@@H](C)O2)[C@H](C)[C@@H](O[C@H]2OC(C)C[C@@H](N(C)C)[C@H]2O)[C@@](C)(O)C[C@@H](C)C(=O)[C@H](C)[C@@H](O)[C@]1(C)O. The zero-order valence-electron chi connectivity index (χ0n) is 32.9. The molecule has 5 N–H and O–H groups in total. The first-order valence-electron chi connectivity index (χ1n) is 18.5. The number of nitrogens with zero attached hydrogens (tertiary/aromatic N) is 1. The van der Waals surface area contributed by atoms with Crippen LogP contribution in [0, 0.1) is 23.7 Å². The molecule has 0 radical (unpaired) electrons. The molecule has 3 rings (SSSR count). The molecule has 3 heterocycles. The number of esters is 1. The number of ketones is 1. The van der Waals surface area contributed by atoms with Gasteiger partial charge < -0.3 is 58.9 Å². The Balaban J connectivity index is 2.18. The standard InChI is InChI=1S/C37H67NO13/c1-14-25-37(10,45)30(41)20(4)27(39)18(2)16-35(8,44)32(51-34-28(40)24(38(11)12)15-19(3)47-34)21(5)29(22(6)33(43)49-25)50-26-17-36(9,46-13)31(42)23(7)48-26/h18-26,28-32,34,40-42,44-45H,14-17H2,1-13H3/t18-,19?,20+,21+,22-,23-,24-,25-,26-,28-,29+,30-,31-,32-,34-,35+,36-,37-/m1/s1. The molecule has 1 unspecified atom stereocenters. The monoisotopic (exact) mass is 733 g/mol. The minimum atomic E-state index is -1.99. The molecular weight excluding hydrogens is 666 g/mol. The van der Waals surface area contributed by atoms with Gasteiger partial charge in [-0.3, -0.25) is 9.59 Å². The van der Waals surface area contributed by atoms with E-state index in [-0.39, 0.29) is 31.4 Å². The van der Waals surface area contributed by atoms with E-state index >= 15 is 0 Å². The Labute approximate surface area is 304 Å².